The maximum Gasteiger partial charge on any atom is 0.258 e. The quantitative estimate of drug-likeness (QED) is 0.569. The van der Waals surface area contributed by atoms with Gasteiger partial charge in [0.1, 0.15) is 0 Å². The molecule has 0 unspecified atom stereocenters. The van der Waals surface area contributed by atoms with E-state index in [1.807, 2.05) is 48.2 Å². The average Bonchev–Trinajstić information content (AvgIpc) is 2.63. The van der Waals surface area contributed by atoms with Gasteiger partial charge in [-0.05, 0) is 25.8 Å². The maximum atomic E-state index is 12.2. The minimum atomic E-state index is 0.123. The first kappa shape index (κ1) is 11.6. The summed E-state index contributed by atoms with van der Waals surface area (Å²) in [6.45, 7) is 6.44. The summed E-state index contributed by atoms with van der Waals surface area (Å²) in [5.74, 6) is 0.123. The first-order valence-electron chi connectivity index (χ1n) is 5.98. The lowest BCUT2D eigenvalue weighted by atomic mass is 10.1. The number of unbranched alkanes of at least 4 members (excludes halogenated alkanes) is 1. The molecule has 0 saturated carbocycles. The van der Waals surface area contributed by atoms with Crippen molar-refractivity contribution in [3.63, 3.8) is 0 Å². The zero-order valence-corrected chi connectivity index (χ0v) is 10.1. The number of rotatable bonds is 4. The summed E-state index contributed by atoms with van der Waals surface area (Å²) in [5.41, 5.74) is 2.91. The van der Waals surface area contributed by atoms with Crippen molar-refractivity contribution in [2.75, 3.05) is 6.54 Å². The van der Waals surface area contributed by atoms with Crippen molar-refractivity contribution in [3.05, 3.63) is 54.1 Å². The Morgan fingerprint density at radius 3 is 2.65 bits per heavy atom. The highest BCUT2D eigenvalue weighted by atomic mass is 16.2. The average molecular weight is 227 g/mol. The van der Waals surface area contributed by atoms with E-state index in [0.29, 0.717) is 0 Å². The van der Waals surface area contributed by atoms with Gasteiger partial charge < -0.3 is 4.90 Å². The molecule has 1 heterocycles. The Bertz CT molecular complexity index is 474. The zero-order chi connectivity index (χ0) is 12.3. The van der Waals surface area contributed by atoms with E-state index in [4.69, 9.17) is 0 Å². The third kappa shape index (κ3) is 2.03. The van der Waals surface area contributed by atoms with Gasteiger partial charge in [-0.2, -0.15) is 0 Å². The minimum Gasteiger partial charge on any atom is -0.308 e. The van der Waals surface area contributed by atoms with Crippen LogP contribution in [0.1, 0.15) is 35.7 Å². The summed E-state index contributed by atoms with van der Waals surface area (Å²) in [6.07, 6.45) is 5.80. The summed E-state index contributed by atoms with van der Waals surface area (Å²) < 4.78 is 0. The highest BCUT2D eigenvalue weighted by molar-refractivity contribution is 6.09. The molecule has 0 bridgehead atoms. The third-order valence-corrected chi connectivity index (χ3v) is 3.03. The minimum absolute atomic E-state index is 0.123. The van der Waals surface area contributed by atoms with Crippen LogP contribution in [0.4, 0.5) is 0 Å². The van der Waals surface area contributed by atoms with Crippen molar-refractivity contribution in [3.8, 4) is 0 Å². The first-order valence-corrected chi connectivity index (χ1v) is 5.98. The van der Waals surface area contributed by atoms with Crippen molar-refractivity contribution < 1.29 is 4.79 Å². The summed E-state index contributed by atoms with van der Waals surface area (Å²) in [4.78, 5) is 14.1. The molecule has 1 amide bonds. The lowest BCUT2D eigenvalue weighted by Crippen LogP contribution is -2.24. The van der Waals surface area contributed by atoms with E-state index in [1.54, 1.807) is 0 Å². The van der Waals surface area contributed by atoms with E-state index < -0.39 is 0 Å². The standard InChI is InChI=1S/C15H17NO/c1-3-5-8-11-16-14(4-2)12-9-6-7-10-13(12)15(16)17/h3-4,6-7,9-10H,1,5,8,11H2,2H3/b14-4+. The van der Waals surface area contributed by atoms with E-state index in [2.05, 4.69) is 6.58 Å². The van der Waals surface area contributed by atoms with Crippen LogP contribution in [0.5, 0.6) is 0 Å². The Labute approximate surface area is 102 Å². The molecule has 1 aliphatic rings. The predicted molar refractivity (Wildman–Crippen MR) is 70.6 cm³/mol. The largest absolute Gasteiger partial charge is 0.308 e. The van der Waals surface area contributed by atoms with Gasteiger partial charge in [-0.3, -0.25) is 4.79 Å². The van der Waals surface area contributed by atoms with Crippen LogP contribution in [0.2, 0.25) is 0 Å². The number of allylic oxidation sites excluding steroid dienone is 2. The number of fused-ring (bicyclic) bond motifs is 1. The van der Waals surface area contributed by atoms with E-state index in [1.165, 1.54) is 0 Å². The van der Waals surface area contributed by atoms with Crippen molar-refractivity contribution in [1.29, 1.82) is 0 Å². The highest BCUT2D eigenvalue weighted by Crippen LogP contribution is 2.32. The molecule has 1 aromatic carbocycles. The molecule has 0 spiro atoms. The number of carbonyl (C=O) groups excluding carboxylic acids is 1. The molecule has 0 atom stereocenters. The Kier molecular flexibility index (Phi) is 3.43. The second-order valence-corrected chi connectivity index (χ2v) is 4.11. The van der Waals surface area contributed by atoms with E-state index >= 15 is 0 Å². The van der Waals surface area contributed by atoms with Gasteiger partial charge in [0, 0.05) is 23.4 Å². The second-order valence-electron chi connectivity index (χ2n) is 4.11. The fraction of sp³-hybridized carbons (Fsp3) is 0.267. The van der Waals surface area contributed by atoms with Crippen molar-refractivity contribution >= 4 is 11.6 Å². The number of amides is 1. The van der Waals surface area contributed by atoms with Gasteiger partial charge in [0.15, 0.2) is 0 Å². The fourth-order valence-electron chi connectivity index (χ4n) is 2.22. The molecular weight excluding hydrogens is 210 g/mol. The molecule has 0 aliphatic carbocycles. The number of hydrogen-bond acceptors (Lipinski definition) is 1. The van der Waals surface area contributed by atoms with Crippen LogP contribution in [0, 0.1) is 0 Å². The molecular formula is C15H17NO. The fourth-order valence-corrected chi connectivity index (χ4v) is 2.22. The molecule has 2 rings (SSSR count). The Hall–Kier alpha value is -1.83. The Morgan fingerprint density at radius 1 is 1.29 bits per heavy atom. The van der Waals surface area contributed by atoms with Gasteiger partial charge >= 0.3 is 0 Å². The number of hydrogen-bond donors (Lipinski definition) is 0. The lowest BCUT2D eigenvalue weighted by Gasteiger charge is -2.17. The smallest absolute Gasteiger partial charge is 0.258 e. The van der Waals surface area contributed by atoms with E-state index in [9.17, 15) is 4.79 Å². The maximum absolute atomic E-state index is 12.2. The molecule has 17 heavy (non-hydrogen) atoms. The predicted octanol–water partition coefficient (Wildman–Crippen LogP) is 3.47. The molecule has 2 nitrogen and oxygen atoms in total. The van der Waals surface area contributed by atoms with Gasteiger partial charge in [0.2, 0.25) is 0 Å². The van der Waals surface area contributed by atoms with Crippen LogP contribution in [0.3, 0.4) is 0 Å². The van der Waals surface area contributed by atoms with Gasteiger partial charge in [0.25, 0.3) is 5.91 Å². The summed E-state index contributed by atoms with van der Waals surface area (Å²) >= 11 is 0. The van der Waals surface area contributed by atoms with Crippen LogP contribution in [-0.4, -0.2) is 17.4 Å². The van der Waals surface area contributed by atoms with Crippen LogP contribution >= 0.6 is 0 Å². The van der Waals surface area contributed by atoms with Crippen LogP contribution < -0.4 is 0 Å². The summed E-state index contributed by atoms with van der Waals surface area (Å²) in [5, 5.41) is 0. The zero-order valence-electron chi connectivity index (χ0n) is 10.1. The Morgan fingerprint density at radius 2 is 2.00 bits per heavy atom. The summed E-state index contributed by atoms with van der Waals surface area (Å²) in [6, 6.07) is 7.80. The highest BCUT2D eigenvalue weighted by Gasteiger charge is 2.30. The monoisotopic (exact) mass is 227 g/mol. The molecule has 0 radical (unpaired) electrons. The third-order valence-electron chi connectivity index (χ3n) is 3.03. The molecule has 88 valence electrons. The molecule has 0 aromatic heterocycles. The van der Waals surface area contributed by atoms with Crippen LogP contribution in [0.25, 0.3) is 5.70 Å². The van der Waals surface area contributed by atoms with Gasteiger partial charge in [-0.1, -0.05) is 30.4 Å². The van der Waals surface area contributed by atoms with Crippen molar-refractivity contribution in [2.45, 2.75) is 19.8 Å². The second kappa shape index (κ2) is 5.00. The lowest BCUT2D eigenvalue weighted by molar-refractivity contribution is 0.0849. The van der Waals surface area contributed by atoms with Gasteiger partial charge in [0.05, 0.1) is 0 Å². The number of carbonyl (C=O) groups is 1. The Balaban J connectivity index is 2.26. The normalized spacial score (nSPS) is 16.4. The van der Waals surface area contributed by atoms with Crippen LogP contribution in [0.15, 0.2) is 43.0 Å². The van der Waals surface area contributed by atoms with Gasteiger partial charge in [-0.25, -0.2) is 0 Å². The topological polar surface area (TPSA) is 20.3 Å². The van der Waals surface area contributed by atoms with E-state index in [-0.39, 0.29) is 5.91 Å². The van der Waals surface area contributed by atoms with Crippen molar-refractivity contribution in [1.82, 2.24) is 4.90 Å². The molecule has 0 saturated heterocycles. The van der Waals surface area contributed by atoms with Gasteiger partial charge in [-0.15, -0.1) is 6.58 Å². The number of nitrogens with zero attached hydrogens (tertiary/aromatic N) is 1. The van der Waals surface area contributed by atoms with E-state index in [0.717, 1.165) is 36.2 Å². The van der Waals surface area contributed by atoms with Crippen molar-refractivity contribution in [2.24, 2.45) is 0 Å². The molecule has 0 fully saturated rings. The molecule has 1 aromatic rings. The van der Waals surface area contributed by atoms with Crippen LogP contribution in [-0.2, 0) is 0 Å². The molecule has 2 heteroatoms. The number of benzene rings is 1. The SMILES string of the molecule is C=CCCCN1C(=O)c2ccccc2/C1=C\C. The molecule has 1 aliphatic heterocycles. The first-order chi connectivity index (χ1) is 8.29. The molecule has 0 N–H and O–H groups in total. The summed E-state index contributed by atoms with van der Waals surface area (Å²) in [7, 11) is 0.